The normalized spacial score (nSPS) is 26.7. The first-order valence-electron chi connectivity index (χ1n) is 9.85. The number of carbonyl (C=O) groups is 1. The smallest absolute Gasteiger partial charge is 0.330 e. The Morgan fingerprint density at radius 1 is 1.14 bits per heavy atom. The van der Waals surface area contributed by atoms with E-state index in [9.17, 15) is 14.4 Å². The molecule has 0 saturated heterocycles. The predicted octanol–water partition coefficient (Wildman–Crippen LogP) is 1.66. The highest BCUT2D eigenvalue weighted by molar-refractivity contribution is 5.85. The van der Waals surface area contributed by atoms with Crippen molar-refractivity contribution in [3.05, 3.63) is 68.0 Å². The molecule has 1 aromatic carbocycles. The molecule has 0 bridgehead atoms. The molecule has 3 aliphatic rings. The van der Waals surface area contributed by atoms with Crippen molar-refractivity contribution in [1.82, 2.24) is 9.13 Å². The van der Waals surface area contributed by atoms with Crippen LogP contribution in [0.2, 0.25) is 0 Å². The van der Waals surface area contributed by atoms with E-state index in [4.69, 9.17) is 4.74 Å². The highest BCUT2D eigenvalue weighted by Gasteiger charge is 2.49. The van der Waals surface area contributed by atoms with Crippen molar-refractivity contribution in [2.75, 3.05) is 12.4 Å². The maximum Gasteiger partial charge on any atom is 0.330 e. The van der Waals surface area contributed by atoms with Crippen molar-refractivity contribution >= 4 is 11.5 Å². The van der Waals surface area contributed by atoms with E-state index in [1.165, 1.54) is 11.6 Å². The first-order valence-corrected chi connectivity index (χ1v) is 9.85. The van der Waals surface area contributed by atoms with Crippen molar-refractivity contribution in [2.45, 2.75) is 24.8 Å². The molecule has 2 aliphatic carbocycles. The maximum absolute atomic E-state index is 13.1. The topological polar surface area (TPSA) is 82.3 Å². The molecule has 29 heavy (non-hydrogen) atoms. The minimum absolute atomic E-state index is 0.0219. The Kier molecular flexibility index (Phi) is 3.84. The van der Waals surface area contributed by atoms with Gasteiger partial charge in [0.1, 0.15) is 11.5 Å². The van der Waals surface area contributed by atoms with Crippen LogP contribution in [0.5, 0.6) is 5.75 Å². The van der Waals surface area contributed by atoms with Gasteiger partial charge in [0.25, 0.3) is 5.56 Å². The van der Waals surface area contributed by atoms with Gasteiger partial charge in [0.2, 0.25) is 0 Å². The number of nitrogens with one attached hydrogen (secondary N) is 1. The van der Waals surface area contributed by atoms with E-state index in [0.717, 1.165) is 21.6 Å². The molecule has 2 heterocycles. The summed E-state index contributed by atoms with van der Waals surface area (Å²) >= 11 is 0. The number of methoxy groups -OCH3 is 1. The zero-order valence-electron chi connectivity index (χ0n) is 16.6. The number of ether oxygens (including phenoxy) is 1. The zero-order valence-corrected chi connectivity index (χ0v) is 16.6. The van der Waals surface area contributed by atoms with Crippen LogP contribution >= 0.6 is 0 Å². The third-order valence-electron chi connectivity index (χ3n) is 6.82. The molecule has 150 valence electrons. The first-order chi connectivity index (χ1) is 13.9. The molecule has 0 spiro atoms. The fourth-order valence-electron chi connectivity index (χ4n) is 5.36. The summed E-state index contributed by atoms with van der Waals surface area (Å²) in [5.41, 5.74) is 2.62. The summed E-state index contributed by atoms with van der Waals surface area (Å²) in [7, 11) is 4.80. The number of hydrogen-bond acceptors (Lipinski definition) is 5. The fraction of sp³-hybridized carbons (Fsp3) is 0.409. The molecule has 1 aromatic heterocycles. The lowest BCUT2D eigenvalue weighted by Crippen LogP contribution is -2.50. The van der Waals surface area contributed by atoms with Crippen LogP contribution in [0.25, 0.3) is 0 Å². The van der Waals surface area contributed by atoms with E-state index < -0.39 is 0 Å². The van der Waals surface area contributed by atoms with Crippen molar-refractivity contribution in [3.63, 3.8) is 0 Å². The summed E-state index contributed by atoms with van der Waals surface area (Å²) in [5.74, 6) is 0.599. The van der Waals surface area contributed by atoms with Crippen molar-refractivity contribution in [3.8, 4) is 5.75 Å². The van der Waals surface area contributed by atoms with Gasteiger partial charge in [-0.3, -0.25) is 14.2 Å². The van der Waals surface area contributed by atoms with Gasteiger partial charge in [-0.2, -0.15) is 0 Å². The second-order valence-corrected chi connectivity index (χ2v) is 8.15. The van der Waals surface area contributed by atoms with Gasteiger partial charge in [-0.15, -0.1) is 0 Å². The summed E-state index contributed by atoms with van der Waals surface area (Å²) in [6.45, 7) is 0. The first kappa shape index (κ1) is 18.0. The average Bonchev–Trinajstić information content (AvgIpc) is 2.89. The molecule has 0 amide bonds. The van der Waals surface area contributed by atoms with Crippen LogP contribution in [-0.4, -0.2) is 22.0 Å². The molecule has 0 unspecified atom stereocenters. The van der Waals surface area contributed by atoms with Gasteiger partial charge >= 0.3 is 5.69 Å². The minimum atomic E-state index is -0.360. The van der Waals surface area contributed by atoms with Crippen LogP contribution in [0.4, 0.5) is 5.69 Å². The monoisotopic (exact) mass is 393 g/mol. The highest BCUT2D eigenvalue weighted by atomic mass is 16.5. The number of Topliss-reactive ketones (excluding diaryl/α,β-unsaturated/α-hetero) is 1. The number of aromatic nitrogens is 2. The predicted molar refractivity (Wildman–Crippen MR) is 108 cm³/mol. The zero-order chi connectivity index (χ0) is 20.4. The Morgan fingerprint density at radius 2 is 1.93 bits per heavy atom. The SMILES string of the molecule is COc1ccc2c(c1)N[C@@H]1c3c(n(C)c(=O)n(C)c3=O)C[C@@H]3C(=O)CC=C[C@H]2[C@@H]31. The molecule has 2 aromatic rings. The van der Waals surface area contributed by atoms with Gasteiger partial charge in [-0.25, -0.2) is 4.79 Å². The largest absolute Gasteiger partial charge is 0.497 e. The second kappa shape index (κ2) is 6.20. The molecular formula is C22H23N3O4. The van der Waals surface area contributed by atoms with Gasteiger partial charge in [0.15, 0.2) is 0 Å². The number of carbonyl (C=O) groups excluding carboxylic acids is 1. The third-order valence-corrected chi connectivity index (χ3v) is 6.82. The van der Waals surface area contributed by atoms with E-state index in [-0.39, 0.29) is 40.8 Å². The lowest BCUT2D eigenvalue weighted by atomic mass is 9.64. The summed E-state index contributed by atoms with van der Waals surface area (Å²) in [6.07, 6.45) is 4.86. The number of ketones is 1. The lowest BCUT2D eigenvalue weighted by Gasteiger charge is -2.46. The Hall–Kier alpha value is -3.09. The molecule has 0 saturated carbocycles. The molecule has 5 rings (SSSR count). The molecule has 1 aliphatic heterocycles. The average molecular weight is 393 g/mol. The van der Waals surface area contributed by atoms with Crippen molar-refractivity contribution in [2.24, 2.45) is 25.9 Å². The Labute approximate surface area is 167 Å². The van der Waals surface area contributed by atoms with Gasteiger partial charge in [0.05, 0.1) is 18.7 Å². The Morgan fingerprint density at radius 3 is 2.69 bits per heavy atom. The number of allylic oxidation sites excluding steroid dienone is 2. The van der Waals surface area contributed by atoms with Gasteiger partial charge in [-0.05, 0) is 18.1 Å². The van der Waals surface area contributed by atoms with Crippen molar-refractivity contribution in [1.29, 1.82) is 0 Å². The van der Waals surface area contributed by atoms with Crippen LogP contribution in [0, 0.1) is 11.8 Å². The van der Waals surface area contributed by atoms with Crippen LogP contribution in [0.1, 0.15) is 35.2 Å². The summed E-state index contributed by atoms with van der Waals surface area (Å²) < 4.78 is 8.07. The standard InChI is InChI=1S/C22H23N3O4/c1-24-16-10-14-17(26)6-4-5-13-12-8-7-11(29-3)9-15(12)23-20(18(13)14)19(16)21(27)25(2)22(24)28/h4-5,7-9,13-14,18,20,23H,6,10H2,1-3H3/t13-,14-,18+,20+/m1/s1. The Bertz CT molecular complexity index is 1190. The number of benzene rings is 1. The van der Waals surface area contributed by atoms with E-state index in [2.05, 4.69) is 11.4 Å². The van der Waals surface area contributed by atoms with Crippen LogP contribution in [-0.2, 0) is 25.3 Å². The summed E-state index contributed by atoms with van der Waals surface area (Å²) in [5, 5.41) is 3.53. The molecule has 7 heteroatoms. The maximum atomic E-state index is 13.1. The third kappa shape index (κ3) is 2.39. The number of fused-ring (bicyclic) bond motifs is 4. The molecule has 4 atom stereocenters. The summed E-state index contributed by atoms with van der Waals surface area (Å²) in [6, 6.07) is 5.55. The van der Waals surface area contributed by atoms with E-state index in [1.807, 2.05) is 24.3 Å². The lowest BCUT2D eigenvalue weighted by molar-refractivity contribution is -0.124. The van der Waals surface area contributed by atoms with E-state index in [0.29, 0.717) is 24.1 Å². The number of nitrogens with zero attached hydrogens (tertiary/aromatic N) is 2. The van der Waals surface area contributed by atoms with E-state index in [1.54, 1.807) is 14.2 Å². The highest BCUT2D eigenvalue weighted by Crippen LogP contribution is 2.53. The molecule has 7 nitrogen and oxygen atoms in total. The molecular weight excluding hydrogens is 370 g/mol. The van der Waals surface area contributed by atoms with Gasteiger partial charge < -0.3 is 14.6 Å². The van der Waals surface area contributed by atoms with Crippen molar-refractivity contribution < 1.29 is 9.53 Å². The number of anilines is 1. The van der Waals surface area contributed by atoms with Crippen LogP contribution < -0.4 is 21.3 Å². The minimum Gasteiger partial charge on any atom is -0.497 e. The Balaban J connectivity index is 1.80. The van der Waals surface area contributed by atoms with Crippen LogP contribution in [0.3, 0.4) is 0 Å². The summed E-state index contributed by atoms with van der Waals surface area (Å²) in [4.78, 5) is 38.6. The molecule has 1 N–H and O–H groups in total. The number of rotatable bonds is 1. The number of hydrogen-bond donors (Lipinski definition) is 1. The van der Waals surface area contributed by atoms with Gasteiger partial charge in [0, 0.05) is 55.7 Å². The molecule has 0 radical (unpaired) electrons. The second-order valence-electron chi connectivity index (χ2n) is 8.15. The van der Waals surface area contributed by atoms with Gasteiger partial charge in [-0.1, -0.05) is 18.2 Å². The molecule has 0 fully saturated rings. The fourth-order valence-corrected chi connectivity index (χ4v) is 5.36. The van der Waals surface area contributed by atoms with Crippen LogP contribution in [0.15, 0.2) is 39.9 Å². The quantitative estimate of drug-likeness (QED) is 0.745. The van der Waals surface area contributed by atoms with E-state index >= 15 is 0 Å².